The summed E-state index contributed by atoms with van der Waals surface area (Å²) in [5.41, 5.74) is -1.56. The van der Waals surface area contributed by atoms with Crippen LogP contribution in [-0.4, -0.2) is 67.6 Å². The summed E-state index contributed by atoms with van der Waals surface area (Å²) in [5, 5.41) is 0. The number of rotatable bonds is 4. The summed E-state index contributed by atoms with van der Waals surface area (Å²) in [4.78, 5) is 16.2. The molecule has 1 saturated carbocycles. The number of likely N-dealkylation sites (tertiary alicyclic amines) is 1. The third kappa shape index (κ3) is 4.15. The summed E-state index contributed by atoms with van der Waals surface area (Å²) in [5.74, 6) is -0.452. The van der Waals surface area contributed by atoms with Crippen LogP contribution in [-0.2, 0) is 28.3 Å². The number of aromatic nitrogens is 1. The molecule has 0 radical (unpaired) electrons. The molecule has 2 atom stereocenters. The molecule has 3 heterocycles. The van der Waals surface area contributed by atoms with Gasteiger partial charge in [-0.05, 0) is 62.7 Å². The van der Waals surface area contributed by atoms with E-state index in [1.807, 2.05) is 0 Å². The van der Waals surface area contributed by atoms with E-state index < -0.39 is 39.5 Å². The van der Waals surface area contributed by atoms with Crippen molar-refractivity contribution >= 4 is 15.9 Å². The third-order valence-electron chi connectivity index (χ3n) is 7.31. The molecule has 1 amide bonds. The van der Waals surface area contributed by atoms with Gasteiger partial charge in [-0.2, -0.15) is 13.2 Å². The first kappa shape index (κ1) is 24.3. The van der Waals surface area contributed by atoms with Gasteiger partial charge >= 0.3 is 6.18 Å². The van der Waals surface area contributed by atoms with Gasteiger partial charge in [0.2, 0.25) is 10.0 Å². The molecule has 0 unspecified atom stereocenters. The Morgan fingerprint density at radius 2 is 1.77 bits per heavy atom. The zero-order chi connectivity index (χ0) is 25.2. The van der Waals surface area contributed by atoms with Crippen LogP contribution in [0.2, 0.25) is 0 Å². The summed E-state index contributed by atoms with van der Waals surface area (Å²) >= 11 is 0. The van der Waals surface area contributed by atoms with Crippen molar-refractivity contribution < 1.29 is 32.2 Å². The van der Waals surface area contributed by atoms with Gasteiger partial charge in [-0.15, -0.1) is 0 Å². The van der Waals surface area contributed by atoms with Crippen LogP contribution in [0.3, 0.4) is 0 Å². The van der Waals surface area contributed by atoms with Gasteiger partial charge in [-0.3, -0.25) is 9.69 Å². The summed E-state index contributed by atoms with van der Waals surface area (Å²) in [6.45, 7) is 0.234. The number of nitrogens with one attached hydrogen (secondary N) is 1. The Bertz CT molecular complexity index is 1250. The lowest BCUT2D eigenvalue weighted by atomic mass is 9.79. The number of sulfonamides is 1. The van der Waals surface area contributed by atoms with E-state index in [-0.39, 0.29) is 56.2 Å². The zero-order valence-corrected chi connectivity index (χ0v) is 19.9. The van der Waals surface area contributed by atoms with Crippen LogP contribution in [0.1, 0.15) is 42.4 Å². The minimum Gasteiger partial charge on any atom is -0.338 e. The van der Waals surface area contributed by atoms with Crippen molar-refractivity contribution in [1.29, 1.82) is 0 Å². The Hall–Kier alpha value is -2.44. The molecule has 1 saturated heterocycles. The maximum atomic E-state index is 15.8. The smallest absolute Gasteiger partial charge is 0.338 e. The molecule has 192 valence electrons. The van der Waals surface area contributed by atoms with Crippen molar-refractivity contribution in [2.45, 2.75) is 54.6 Å². The molecule has 2 aliphatic heterocycles. The van der Waals surface area contributed by atoms with Crippen molar-refractivity contribution in [1.82, 2.24) is 19.1 Å². The average Bonchev–Trinajstić information content (AvgIpc) is 3.48. The highest BCUT2D eigenvalue weighted by Gasteiger charge is 2.53. The number of benzene rings is 1. The molecule has 1 aromatic heterocycles. The number of fused-ring (bicyclic) bond motifs is 2. The normalized spacial score (nSPS) is 25.6. The van der Waals surface area contributed by atoms with Crippen molar-refractivity contribution in [2.24, 2.45) is 0 Å². The molecular weight excluding hydrogens is 488 g/mol. The number of carbonyl (C=O) groups is 1. The maximum absolute atomic E-state index is 15.8. The SMILES string of the molecule is CN1CCn2c(C(F)(F)F)ccc2[C@]12CCN(C(=O)c1ccc(S(=O)(=O)NC3CC3)cc1)C[C@H]2F.[HH]. The Kier molecular flexibility index (Phi) is 5.76. The third-order valence-corrected chi connectivity index (χ3v) is 8.85. The van der Waals surface area contributed by atoms with Gasteiger partial charge in [0.25, 0.3) is 5.91 Å². The Labute approximate surface area is 202 Å². The summed E-state index contributed by atoms with van der Waals surface area (Å²) in [6.07, 6.45) is -4.41. The Balaban J connectivity index is 0.00000304. The van der Waals surface area contributed by atoms with Gasteiger partial charge in [0.1, 0.15) is 11.9 Å². The van der Waals surface area contributed by atoms with Gasteiger partial charge < -0.3 is 9.47 Å². The van der Waals surface area contributed by atoms with Crippen molar-refractivity contribution in [3.05, 3.63) is 53.3 Å². The molecule has 7 nitrogen and oxygen atoms in total. The second kappa shape index (κ2) is 8.31. The van der Waals surface area contributed by atoms with Crippen LogP contribution in [0.15, 0.2) is 41.3 Å². The summed E-state index contributed by atoms with van der Waals surface area (Å²) in [7, 11) is -1.96. The fraction of sp³-hybridized carbons (Fsp3) is 0.522. The Morgan fingerprint density at radius 1 is 1.09 bits per heavy atom. The molecule has 2 fully saturated rings. The van der Waals surface area contributed by atoms with Crippen molar-refractivity contribution in [3.63, 3.8) is 0 Å². The molecule has 3 aliphatic rings. The number of carbonyl (C=O) groups excluding carboxylic acids is 1. The molecule has 0 bridgehead atoms. The first-order valence-electron chi connectivity index (χ1n) is 11.5. The van der Waals surface area contributed by atoms with E-state index in [2.05, 4.69) is 4.72 Å². The number of likely N-dealkylation sites (N-methyl/N-ethyl adjacent to an activating group) is 1. The molecular formula is C23H28F4N4O3S. The van der Waals surface area contributed by atoms with Crippen LogP contribution in [0.25, 0.3) is 0 Å². The zero-order valence-electron chi connectivity index (χ0n) is 19.1. The molecule has 2 aromatic rings. The van der Waals surface area contributed by atoms with E-state index in [1.165, 1.54) is 35.2 Å². The minimum atomic E-state index is -4.54. The number of piperidine rings is 1. The van der Waals surface area contributed by atoms with E-state index in [0.29, 0.717) is 0 Å². The number of halogens is 4. The standard InChI is InChI=1S/C23H26F4N4O3S.H2/c1-29-12-13-31-19(8-9-20(31)23(25,26)27)22(29)10-11-30(14-18(22)24)21(32)15-2-6-17(7-3-15)35(33,34)28-16-4-5-16;/h2-3,6-9,16,18,28H,4-5,10-14H2,1H3;1H/t18-,22-;/m1./s1. The number of amides is 1. The Morgan fingerprint density at radius 3 is 2.37 bits per heavy atom. The lowest BCUT2D eigenvalue weighted by molar-refractivity contribution is -0.145. The monoisotopic (exact) mass is 516 g/mol. The number of hydrogen-bond donors (Lipinski definition) is 1. The van der Waals surface area contributed by atoms with E-state index in [0.717, 1.165) is 23.5 Å². The second-order valence-electron chi connectivity index (χ2n) is 9.49. The fourth-order valence-corrected chi connectivity index (χ4v) is 6.53. The topological polar surface area (TPSA) is 74.6 Å². The van der Waals surface area contributed by atoms with Gasteiger partial charge in [0.05, 0.1) is 17.0 Å². The van der Waals surface area contributed by atoms with Gasteiger partial charge in [0.15, 0.2) is 0 Å². The van der Waals surface area contributed by atoms with Gasteiger partial charge in [-0.25, -0.2) is 17.5 Å². The largest absolute Gasteiger partial charge is 0.431 e. The first-order chi connectivity index (χ1) is 16.4. The van der Waals surface area contributed by atoms with E-state index in [4.69, 9.17) is 0 Å². The number of alkyl halides is 4. The molecule has 12 heteroatoms. The van der Waals surface area contributed by atoms with Crippen LogP contribution in [0.5, 0.6) is 0 Å². The first-order valence-corrected chi connectivity index (χ1v) is 13.0. The lowest BCUT2D eigenvalue weighted by Gasteiger charge is -2.52. The summed E-state index contributed by atoms with van der Waals surface area (Å²) < 4.78 is 84.6. The quantitative estimate of drug-likeness (QED) is 0.634. The lowest BCUT2D eigenvalue weighted by Crippen LogP contribution is -2.63. The summed E-state index contributed by atoms with van der Waals surface area (Å²) in [6, 6.07) is 7.78. The second-order valence-corrected chi connectivity index (χ2v) is 11.2. The molecule has 35 heavy (non-hydrogen) atoms. The van der Waals surface area contributed by atoms with Crippen molar-refractivity contribution in [2.75, 3.05) is 26.7 Å². The van der Waals surface area contributed by atoms with Crippen LogP contribution < -0.4 is 4.72 Å². The average molecular weight is 517 g/mol. The molecule has 1 aliphatic carbocycles. The van der Waals surface area contributed by atoms with Crippen molar-refractivity contribution in [3.8, 4) is 0 Å². The highest BCUT2D eigenvalue weighted by atomic mass is 32.2. The number of hydrogen-bond acceptors (Lipinski definition) is 4. The fourth-order valence-electron chi connectivity index (χ4n) is 5.23. The predicted molar refractivity (Wildman–Crippen MR) is 121 cm³/mol. The highest BCUT2D eigenvalue weighted by molar-refractivity contribution is 7.89. The van der Waals surface area contributed by atoms with E-state index >= 15 is 4.39 Å². The molecule has 5 rings (SSSR count). The maximum Gasteiger partial charge on any atom is 0.431 e. The minimum absolute atomic E-state index is 0. The van der Waals surface area contributed by atoms with E-state index in [1.54, 1.807) is 11.9 Å². The van der Waals surface area contributed by atoms with Crippen LogP contribution in [0, 0.1) is 0 Å². The molecule has 1 aromatic carbocycles. The van der Waals surface area contributed by atoms with Gasteiger partial charge in [-0.1, -0.05) is 0 Å². The predicted octanol–water partition coefficient (Wildman–Crippen LogP) is 3.22. The van der Waals surface area contributed by atoms with Crippen LogP contribution in [0.4, 0.5) is 17.6 Å². The number of nitrogens with zero attached hydrogens (tertiary/aromatic N) is 3. The molecule has 1 spiro atoms. The van der Waals surface area contributed by atoms with E-state index in [9.17, 15) is 26.4 Å². The van der Waals surface area contributed by atoms with Crippen LogP contribution >= 0.6 is 0 Å². The van der Waals surface area contributed by atoms with Gasteiger partial charge in [0, 0.05) is 38.4 Å². The molecule has 1 N–H and O–H groups in total. The highest BCUT2D eigenvalue weighted by Crippen LogP contribution is 2.45.